The lowest BCUT2D eigenvalue weighted by Gasteiger charge is -2.02. The van der Waals surface area contributed by atoms with Crippen LogP contribution in [0.2, 0.25) is 0 Å². The molecule has 2 nitrogen and oxygen atoms in total. The molecule has 0 saturated carbocycles. The standard InChI is InChI=1S/C19H34N.H3N/c1-2-3-4-5-6-7-8-9-10-11-12-14-17-20-18-15-13-16-19-20;/h13,15-16,18-19H,2-12,14,17H2,1H3;1H3/q+1;. The van der Waals surface area contributed by atoms with Crippen LogP contribution in [0, 0.1) is 0 Å². The third kappa shape index (κ3) is 12.6. The summed E-state index contributed by atoms with van der Waals surface area (Å²) in [6.45, 7) is 3.47. The number of pyridine rings is 1. The number of aromatic nitrogens is 1. The van der Waals surface area contributed by atoms with Crippen molar-refractivity contribution in [1.29, 1.82) is 0 Å². The minimum atomic E-state index is 0. The highest BCUT2D eigenvalue weighted by Crippen LogP contribution is 2.11. The van der Waals surface area contributed by atoms with E-state index < -0.39 is 0 Å². The van der Waals surface area contributed by atoms with E-state index >= 15 is 0 Å². The summed E-state index contributed by atoms with van der Waals surface area (Å²) in [5.41, 5.74) is 0. The Morgan fingerprint density at radius 1 is 0.571 bits per heavy atom. The Hall–Kier alpha value is -0.890. The summed E-state index contributed by atoms with van der Waals surface area (Å²) in [6, 6.07) is 6.31. The normalized spacial score (nSPS) is 10.3. The third-order valence-corrected chi connectivity index (χ3v) is 4.05. The molecule has 1 aromatic heterocycles. The van der Waals surface area contributed by atoms with Crippen molar-refractivity contribution < 1.29 is 4.57 Å². The van der Waals surface area contributed by atoms with Gasteiger partial charge in [0.25, 0.3) is 0 Å². The van der Waals surface area contributed by atoms with E-state index in [0.717, 1.165) is 0 Å². The minimum absolute atomic E-state index is 0. The van der Waals surface area contributed by atoms with Gasteiger partial charge in [-0.05, 0) is 6.42 Å². The third-order valence-electron chi connectivity index (χ3n) is 4.05. The second-order valence-corrected chi connectivity index (χ2v) is 6.00. The summed E-state index contributed by atoms with van der Waals surface area (Å²) in [7, 11) is 0. The maximum absolute atomic E-state index is 2.29. The van der Waals surface area contributed by atoms with Crippen LogP contribution >= 0.6 is 0 Å². The lowest BCUT2D eigenvalue weighted by atomic mass is 10.1. The summed E-state index contributed by atoms with van der Waals surface area (Å²) in [6.07, 6.45) is 21.4. The molecule has 0 saturated heterocycles. The van der Waals surface area contributed by atoms with Gasteiger partial charge >= 0.3 is 0 Å². The van der Waals surface area contributed by atoms with Crippen molar-refractivity contribution in [3.63, 3.8) is 0 Å². The summed E-state index contributed by atoms with van der Waals surface area (Å²) in [4.78, 5) is 0. The molecular formula is C19H37N2+. The van der Waals surface area contributed by atoms with Crippen LogP contribution in [-0.2, 0) is 6.54 Å². The van der Waals surface area contributed by atoms with Crippen LogP contribution < -0.4 is 10.7 Å². The molecule has 1 heterocycles. The van der Waals surface area contributed by atoms with Crippen LogP contribution in [0.5, 0.6) is 0 Å². The highest BCUT2D eigenvalue weighted by Gasteiger charge is 1.97. The molecule has 0 unspecified atom stereocenters. The monoisotopic (exact) mass is 293 g/mol. The molecule has 1 aromatic rings. The second kappa shape index (κ2) is 15.5. The molecule has 0 fully saturated rings. The Balaban J connectivity index is 0.00000400. The fourth-order valence-electron chi connectivity index (χ4n) is 2.72. The zero-order valence-electron chi connectivity index (χ0n) is 14.2. The van der Waals surface area contributed by atoms with Crippen LogP contribution in [0.4, 0.5) is 0 Å². The highest BCUT2D eigenvalue weighted by atomic mass is 14.9. The van der Waals surface area contributed by atoms with E-state index in [-0.39, 0.29) is 6.15 Å². The molecule has 0 spiro atoms. The first kappa shape index (κ1) is 20.1. The van der Waals surface area contributed by atoms with Crippen molar-refractivity contribution >= 4 is 0 Å². The van der Waals surface area contributed by atoms with Crippen molar-refractivity contribution in [2.45, 2.75) is 90.5 Å². The maximum Gasteiger partial charge on any atom is 0.168 e. The lowest BCUT2D eigenvalue weighted by Crippen LogP contribution is -2.32. The van der Waals surface area contributed by atoms with Crippen molar-refractivity contribution in [2.24, 2.45) is 0 Å². The largest absolute Gasteiger partial charge is 0.344 e. The van der Waals surface area contributed by atoms with Crippen LogP contribution in [0.15, 0.2) is 30.6 Å². The molecule has 122 valence electrons. The predicted molar refractivity (Wildman–Crippen MR) is 92.7 cm³/mol. The summed E-state index contributed by atoms with van der Waals surface area (Å²) >= 11 is 0. The number of aryl methyl sites for hydroxylation is 1. The molecule has 0 radical (unpaired) electrons. The van der Waals surface area contributed by atoms with Gasteiger partial charge in [0.2, 0.25) is 0 Å². The Morgan fingerprint density at radius 3 is 1.48 bits per heavy atom. The second-order valence-electron chi connectivity index (χ2n) is 6.00. The van der Waals surface area contributed by atoms with E-state index in [1.807, 2.05) is 0 Å². The first-order valence-corrected chi connectivity index (χ1v) is 8.87. The summed E-state index contributed by atoms with van der Waals surface area (Å²) < 4.78 is 2.29. The number of nitrogens with zero attached hydrogens (tertiary/aromatic N) is 1. The van der Waals surface area contributed by atoms with Gasteiger partial charge in [0, 0.05) is 18.6 Å². The van der Waals surface area contributed by atoms with Crippen molar-refractivity contribution in [2.75, 3.05) is 0 Å². The molecule has 0 atom stereocenters. The van der Waals surface area contributed by atoms with Gasteiger partial charge in [0.1, 0.15) is 6.54 Å². The van der Waals surface area contributed by atoms with E-state index in [0.29, 0.717) is 0 Å². The molecule has 0 aliphatic rings. The molecule has 0 aliphatic carbocycles. The Morgan fingerprint density at radius 2 is 1.00 bits per heavy atom. The van der Waals surface area contributed by atoms with Gasteiger partial charge in [-0.2, -0.15) is 0 Å². The Bertz CT molecular complexity index is 298. The van der Waals surface area contributed by atoms with Gasteiger partial charge < -0.3 is 6.15 Å². The van der Waals surface area contributed by atoms with Crippen LogP contribution in [0.3, 0.4) is 0 Å². The molecule has 0 bridgehead atoms. The van der Waals surface area contributed by atoms with E-state index in [1.165, 1.54) is 83.6 Å². The average Bonchev–Trinajstić information content (AvgIpc) is 2.49. The van der Waals surface area contributed by atoms with Gasteiger partial charge in [-0.3, -0.25) is 0 Å². The first-order chi connectivity index (χ1) is 9.93. The minimum Gasteiger partial charge on any atom is -0.344 e. The number of hydrogen-bond donors (Lipinski definition) is 1. The summed E-state index contributed by atoms with van der Waals surface area (Å²) in [5, 5.41) is 0. The first-order valence-electron chi connectivity index (χ1n) is 8.87. The molecule has 21 heavy (non-hydrogen) atoms. The molecule has 0 aliphatic heterocycles. The van der Waals surface area contributed by atoms with Crippen molar-refractivity contribution in [3.05, 3.63) is 30.6 Å². The number of unbranched alkanes of at least 4 members (excludes halogenated alkanes) is 11. The van der Waals surface area contributed by atoms with E-state index in [9.17, 15) is 0 Å². The van der Waals surface area contributed by atoms with Crippen molar-refractivity contribution in [3.8, 4) is 0 Å². The van der Waals surface area contributed by atoms with E-state index in [2.05, 4.69) is 42.1 Å². The Kier molecular flexibility index (Phi) is 14.8. The SMILES string of the molecule is CCCCCCCCCCCCCC[n+]1ccccc1.N. The molecule has 3 N–H and O–H groups in total. The van der Waals surface area contributed by atoms with Gasteiger partial charge in [-0.25, -0.2) is 4.57 Å². The van der Waals surface area contributed by atoms with Gasteiger partial charge in [0.05, 0.1) is 0 Å². The zero-order chi connectivity index (χ0) is 14.3. The fourth-order valence-corrected chi connectivity index (χ4v) is 2.72. The fraction of sp³-hybridized carbons (Fsp3) is 0.737. The van der Waals surface area contributed by atoms with Gasteiger partial charge in [-0.15, -0.1) is 0 Å². The molecule has 2 heteroatoms. The smallest absolute Gasteiger partial charge is 0.168 e. The van der Waals surface area contributed by atoms with E-state index in [1.54, 1.807) is 0 Å². The molecule has 0 aromatic carbocycles. The molecule has 0 amide bonds. The van der Waals surface area contributed by atoms with Crippen LogP contribution in [0.25, 0.3) is 0 Å². The lowest BCUT2D eigenvalue weighted by molar-refractivity contribution is -0.697. The van der Waals surface area contributed by atoms with Gasteiger partial charge in [0.15, 0.2) is 12.4 Å². The zero-order valence-corrected chi connectivity index (χ0v) is 14.2. The van der Waals surface area contributed by atoms with Gasteiger partial charge in [-0.1, -0.05) is 77.2 Å². The van der Waals surface area contributed by atoms with Crippen LogP contribution in [0.1, 0.15) is 84.0 Å². The highest BCUT2D eigenvalue weighted by molar-refractivity contribution is 4.83. The summed E-state index contributed by atoms with van der Waals surface area (Å²) in [5.74, 6) is 0. The quantitative estimate of drug-likeness (QED) is 0.360. The average molecular weight is 294 g/mol. The topological polar surface area (TPSA) is 38.9 Å². The predicted octanol–water partition coefficient (Wildman–Crippen LogP) is 5.84. The number of rotatable bonds is 13. The maximum atomic E-state index is 2.29. The number of hydrogen-bond acceptors (Lipinski definition) is 1. The van der Waals surface area contributed by atoms with Crippen molar-refractivity contribution in [1.82, 2.24) is 6.15 Å². The van der Waals surface area contributed by atoms with Crippen LogP contribution in [-0.4, -0.2) is 0 Å². The molecule has 1 rings (SSSR count). The van der Waals surface area contributed by atoms with E-state index in [4.69, 9.17) is 0 Å². The Labute approximate surface area is 132 Å². The molecular weight excluding hydrogens is 256 g/mol.